The second kappa shape index (κ2) is 10.5. The van der Waals surface area contributed by atoms with Crippen molar-refractivity contribution in [3.05, 3.63) is 35.4 Å². The van der Waals surface area contributed by atoms with Gasteiger partial charge in [-0.25, -0.2) is 4.79 Å². The fourth-order valence-corrected chi connectivity index (χ4v) is 2.70. The molecule has 1 rings (SSSR count). The molecule has 5 heteroatoms. The molecule has 1 aromatic carbocycles. The highest BCUT2D eigenvalue weighted by Crippen LogP contribution is 2.08. The minimum absolute atomic E-state index is 0.182. The van der Waals surface area contributed by atoms with Crippen LogP contribution in [0.25, 0.3) is 0 Å². The molecular weight excluding hydrogens is 286 g/mol. The summed E-state index contributed by atoms with van der Waals surface area (Å²) in [6, 6.07) is 8.36. The highest BCUT2D eigenvalue weighted by atomic mass is 32.2. The van der Waals surface area contributed by atoms with Gasteiger partial charge in [0, 0.05) is 18.8 Å². The number of benzene rings is 1. The van der Waals surface area contributed by atoms with Gasteiger partial charge in [0.2, 0.25) is 0 Å². The van der Waals surface area contributed by atoms with Crippen LogP contribution in [0.15, 0.2) is 24.3 Å². The third-order valence-electron chi connectivity index (χ3n) is 3.32. The molecule has 0 saturated heterocycles. The molecule has 0 radical (unpaired) electrons. The van der Waals surface area contributed by atoms with Crippen molar-refractivity contribution in [1.82, 2.24) is 4.90 Å². The zero-order chi connectivity index (χ0) is 15.5. The summed E-state index contributed by atoms with van der Waals surface area (Å²) in [5, 5.41) is 17.9. The number of carbonyl (C=O) groups is 1. The maximum absolute atomic E-state index is 11.2. The molecule has 0 heterocycles. The fraction of sp³-hybridized carbons (Fsp3) is 0.562. The number of thioether (sulfide) groups is 1. The monoisotopic (exact) mass is 311 g/mol. The van der Waals surface area contributed by atoms with E-state index in [2.05, 4.69) is 31.2 Å². The van der Waals surface area contributed by atoms with Crippen molar-refractivity contribution in [3.63, 3.8) is 0 Å². The Morgan fingerprint density at radius 1 is 1.14 bits per heavy atom. The normalized spacial score (nSPS) is 10.6. The van der Waals surface area contributed by atoms with Crippen molar-refractivity contribution in [2.24, 2.45) is 0 Å². The summed E-state index contributed by atoms with van der Waals surface area (Å²) < 4.78 is 0. The average Bonchev–Trinajstić information content (AvgIpc) is 2.50. The Kier molecular flexibility index (Phi) is 8.94. The maximum atomic E-state index is 11.2. The van der Waals surface area contributed by atoms with Crippen molar-refractivity contribution in [3.8, 4) is 0 Å². The lowest BCUT2D eigenvalue weighted by molar-refractivity contribution is 0.146. The lowest BCUT2D eigenvalue weighted by Gasteiger charge is -2.19. The third kappa shape index (κ3) is 7.39. The number of hydrogen-bond donors (Lipinski definition) is 2. The Morgan fingerprint density at radius 3 is 2.38 bits per heavy atom. The van der Waals surface area contributed by atoms with Gasteiger partial charge in [-0.05, 0) is 36.1 Å². The van der Waals surface area contributed by atoms with Gasteiger partial charge in [-0.2, -0.15) is 11.8 Å². The van der Waals surface area contributed by atoms with E-state index in [-0.39, 0.29) is 6.61 Å². The molecular formula is C16H25NO3S. The second-order valence-corrected chi connectivity index (χ2v) is 6.10. The van der Waals surface area contributed by atoms with E-state index in [0.717, 1.165) is 30.8 Å². The third-order valence-corrected chi connectivity index (χ3v) is 4.37. The molecule has 1 aromatic rings. The number of rotatable bonds is 10. The van der Waals surface area contributed by atoms with Gasteiger partial charge in [0.05, 0.1) is 6.61 Å². The number of hydrogen-bond acceptors (Lipinski definition) is 3. The van der Waals surface area contributed by atoms with Gasteiger partial charge in [-0.15, -0.1) is 0 Å². The first kappa shape index (κ1) is 17.9. The van der Waals surface area contributed by atoms with Crippen LogP contribution < -0.4 is 0 Å². The lowest BCUT2D eigenvalue weighted by atomic mass is 10.1. The Hall–Kier alpha value is -1.20. The zero-order valence-electron chi connectivity index (χ0n) is 12.6. The van der Waals surface area contributed by atoms with Crippen LogP contribution >= 0.6 is 11.8 Å². The predicted molar refractivity (Wildman–Crippen MR) is 88.1 cm³/mol. The van der Waals surface area contributed by atoms with E-state index in [0.29, 0.717) is 13.1 Å². The Bertz CT molecular complexity index is 408. The first-order valence-corrected chi connectivity index (χ1v) is 8.57. The molecule has 0 bridgehead atoms. The van der Waals surface area contributed by atoms with Crippen molar-refractivity contribution < 1.29 is 15.0 Å². The molecule has 0 aliphatic heterocycles. The van der Waals surface area contributed by atoms with Crippen LogP contribution in [0.1, 0.15) is 24.5 Å². The quantitative estimate of drug-likeness (QED) is 0.652. The summed E-state index contributed by atoms with van der Waals surface area (Å²) in [6.07, 6.45) is 1.74. The molecule has 0 aromatic heterocycles. The molecule has 0 saturated carbocycles. The van der Waals surface area contributed by atoms with Crippen LogP contribution in [0.3, 0.4) is 0 Å². The molecule has 0 unspecified atom stereocenters. The molecule has 0 spiro atoms. The Morgan fingerprint density at radius 2 is 1.81 bits per heavy atom. The van der Waals surface area contributed by atoms with Crippen LogP contribution in [0.5, 0.6) is 0 Å². The van der Waals surface area contributed by atoms with Gasteiger partial charge in [0.15, 0.2) is 0 Å². The topological polar surface area (TPSA) is 60.8 Å². The SMILES string of the molecule is CCc1ccc(CCN(CCCSCCO)C(=O)O)cc1. The molecule has 0 aliphatic carbocycles. The molecule has 118 valence electrons. The minimum Gasteiger partial charge on any atom is -0.465 e. The summed E-state index contributed by atoms with van der Waals surface area (Å²) in [5.74, 6) is 1.60. The van der Waals surface area contributed by atoms with Crippen LogP contribution in [0, 0.1) is 0 Å². The van der Waals surface area contributed by atoms with Gasteiger partial charge >= 0.3 is 6.09 Å². The summed E-state index contributed by atoms with van der Waals surface area (Å²) >= 11 is 1.66. The zero-order valence-corrected chi connectivity index (χ0v) is 13.4. The fourth-order valence-electron chi connectivity index (χ4n) is 2.03. The molecule has 21 heavy (non-hydrogen) atoms. The Balaban J connectivity index is 2.34. The number of amides is 1. The number of aliphatic hydroxyl groups excluding tert-OH is 1. The molecule has 0 aliphatic rings. The van der Waals surface area contributed by atoms with Gasteiger partial charge in [0.25, 0.3) is 0 Å². The van der Waals surface area contributed by atoms with E-state index < -0.39 is 6.09 Å². The Labute approximate surface area is 131 Å². The highest BCUT2D eigenvalue weighted by Gasteiger charge is 2.11. The number of aryl methyl sites for hydroxylation is 1. The van der Waals surface area contributed by atoms with Crippen molar-refractivity contribution in [2.45, 2.75) is 26.2 Å². The van der Waals surface area contributed by atoms with Gasteiger partial charge in [-0.1, -0.05) is 31.2 Å². The number of nitrogens with zero attached hydrogens (tertiary/aromatic N) is 1. The standard InChI is InChI=1S/C16H25NO3S/c1-2-14-4-6-15(7-5-14)8-10-17(16(19)20)9-3-12-21-13-11-18/h4-7,18H,2-3,8-13H2,1H3,(H,19,20). The van der Waals surface area contributed by atoms with Gasteiger partial charge in [-0.3, -0.25) is 0 Å². The maximum Gasteiger partial charge on any atom is 0.407 e. The summed E-state index contributed by atoms with van der Waals surface area (Å²) in [5.41, 5.74) is 2.47. The first-order chi connectivity index (χ1) is 10.2. The van der Waals surface area contributed by atoms with E-state index in [1.54, 1.807) is 11.8 Å². The van der Waals surface area contributed by atoms with E-state index in [9.17, 15) is 9.90 Å². The van der Waals surface area contributed by atoms with E-state index in [1.807, 2.05) is 0 Å². The lowest BCUT2D eigenvalue weighted by Crippen LogP contribution is -2.32. The summed E-state index contributed by atoms with van der Waals surface area (Å²) in [7, 11) is 0. The van der Waals surface area contributed by atoms with Crippen molar-refractivity contribution in [1.29, 1.82) is 0 Å². The first-order valence-electron chi connectivity index (χ1n) is 7.41. The summed E-state index contributed by atoms with van der Waals surface area (Å²) in [4.78, 5) is 12.7. The smallest absolute Gasteiger partial charge is 0.407 e. The van der Waals surface area contributed by atoms with Crippen LogP contribution in [0.4, 0.5) is 4.79 Å². The molecule has 0 atom stereocenters. The molecule has 4 nitrogen and oxygen atoms in total. The van der Waals surface area contributed by atoms with Crippen molar-refractivity contribution >= 4 is 17.9 Å². The van der Waals surface area contributed by atoms with E-state index in [1.165, 1.54) is 16.0 Å². The van der Waals surface area contributed by atoms with E-state index in [4.69, 9.17) is 5.11 Å². The average molecular weight is 311 g/mol. The van der Waals surface area contributed by atoms with Crippen LogP contribution in [-0.2, 0) is 12.8 Å². The summed E-state index contributed by atoms with van der Waals surface area (Å²) in [6.45, 7) is 3.39. The van der Waals surface area contributed by atoms with Gasteiger partial charge in [0.1, 0.15) is 0 Å². The minimum atomic E-state index is -0.854. The van der Waals surface area contributed by atoms with Crippen molar-refractivity contribution in [2.75, 3.05) is 31.2 Å². The molecule has 1 amide bonds. The van der Waals surface area contributed by atoms with Gasteiger partial charge < -0.3 is 15.1 Å². The molecule has 0 fully saturated rings. The number of carboxylic acid groups (broad SMARTS) is 1. The van der Waals surface area contributed by atoms with E-state index >= 15 is 0 Å². The van der Waals surface area contributed by atoms with Crippen LogP contribution in [-0.4, -0.2) is 52.4 Å². The second-order valence-electron chi connectivity index (χ2n) is 4.88. The highest BCUT2D eigenvalue weighted by molar-refractivity contribution is 7.99. The largest absolute Gasteiger partial charge is 0.465 e. The number of aliphatic hydroxyl groups is 1. The predicted octanol–water partition coefficient (Wildman–Crippen LogP) is 2.89. The van der Waals surface area contributed by atoms with Crippen LogP contribution in [0.2, 0.25) is 0 Å². The molecule has 2 N–H and O–H groups in total.